The molecule has 3 unspecified atom stereocenters. The van der Waals surface area contributed by atoms with Gasteiger partial charge in [0, 0.05) is 36.6 Å². The first-order chi connectivity index (χ1) is 12.6. The summed E-state index contributed by atoms with van der Waals surface area (Å²) in [6, 6.07) is 7.67. The van der Waals surface area contributed by atoms with Gasteiger partial charge in [0.2, 0.25) is 0 Å². The molecule has 2 amide bonds. The number of urea groups is 1. The molecule has 26 heavy (non-hydrogen) atoms. The third-order valence-electron chi connectivity index (χ3n) is 5.52. The standard InChI is InChI=1S/C20H26N2O4/c1-13-16-5-3-4-6-17(16)26-18(13)14(2)21-19(23)22-15-7-9-25-20(11-15)8-10-24-12-20/h3-6,14-15H,7-12H2,1-2H3,(H2,21,22,23). The third-order valence-corrected chi connectivity index (χ3v) is 5.52. The minimum absolute atomic E-state index is 0.106. The van der Waals surface area contributed by atoms with Crippen LogP contribution in [0.2, 0.25) is 0 Å². The van der Waals surface area contributed by atoms with Gasteiger partial charge >= 0.3 is 6.03 Å². The summed E-state index contributed by atoms with van der Waals surface area (Å²) >= 11 is 0. The number of nitrogens with one attached hydrogen (secondary N) is 2. The molecule has 140 valence electrons. The van der Waals surface area contributed by atoms with Crippen LogP contribution >= 0.6 is 0 Å². The Morgan fingerprint density at radius 1 is 1.31 bits per heavy atom. The van der Waals surface area contributed by atoms with E-state index in [-0.39, 0.29) is 23.7 Å². The van der Waals surface area contributed by atoms with Crippen molar-refractivity contribution >= 4 is 17.0 Å². The lowest BCUT2D eigenvalue weighted by Crippen LogP contribution is -2.51. The van der Waals surface area contributed by atoms with Crippen LogP contribution in [0.15, 0.2) is 28.7 Å². The van der Waals surface area contributed by atoms with Crippen molar-refractivity contribution in [1.29, 1.82) is 0 Å². The smallest absolute Gasteiger partial charge is 0.315 e. The molecule has 1 spiro atoms. The van der Waals surface area contributed by atoms with Crippen molar-refractivity contribution in [3.05, 3.63) is 35.6 Å². The van der Waals surface area contributed by atoms with Crippen LogP contribution in [0.4, 0.5) is 4.79 Å². The fraction of sp³-hybridized carbons (Fsp3) is 0.550. The third kappa shape index (κ3) is 3.31. The number of hydrogen-bond acceptors (Lipinski definition) is 4. The first-order valence-corrected chi connectivity index (χ1v) is 9.33. The van der Waals surface area contributed by atoms with Crippen molar-refractivity contribution in [3.63, 3.8) is 0 Å². The summed E-state index contributed by atoms with van der Waals surface area (Å²) < 4.78 is 17.4. The molecule has 1 aromatic heterocycles. The van der Waals surface area contributed by atoms with E-state index in [9.17, 15) is 4.79 Å². The number of carbonyl (C=O) groups excluding carboxylic acids is 1. The largest absolute Gasteiger partial charge is 0.459 e. The summed E-state index contributed by atoms with van der Waals surface area (Å²) in [7, 11) is 0. The Labute approximate surface area is 153 Å². The van der Waals surface area contributed by atoms with E-state index in [0.717, 1.165) is 48.2 Å². The summed E-state index contributed by atoms with van der Waals surface area (Å²) in [5, 5.41) is 7.19. The average molecular weight is 358 g/mol. The summed E-state index contributed by atoms with van der Waals surface area (Å²) in [4.78, 5) is 12.5. The lowest BCUT2D eigenvalue weighted by Gasteiger charge is -2.37. The molecule has 4 rings (SSSR count). The maximum atomic E-state index is 12.5. The Kier molecular flexibility index (Phi) is 4.63. The fourth-order valence-corrected chi connectivity index (χ4v) is 4.11. The Morgan fingerprint density at radius 2 is 2.15 bits per heavy atom. The highest BCUT2D eigenvalue weighted by Gasteiger charge is 2.41. The van der Waals surface area contributed by atoms with Crippen LogP contribution in [0.25, 0.3) is 11.0 Å². The minimum Gasteiger partial charge on any atom is -0.459 e. The predicted octanol–water partition coefficient (Wildman–Crippen LogP) is 3.44. The number of aryl methyl sites for hydroxylation is 1. The van der Waals surface area contributed by atoms with E-state index in [1.165, 1.54) is 0 Å². The molecular formula is C20H26N2O4. The van der Waals surface area contributed by atoms with Gasteiger partial charge in [-0.05, 0) is 32.8 Å². The number of ether oxygens (including phenoxy) is 2. The van der Waals surface area contributed by atoms with Crippen LogP contribution in [-0.2, 0) is 9.47 Å². The molecule has 6 nitrogen and oxygen atoms in total. The number of carbonyl (C=O) groups is 1. The monoisotopic (exact) mass is 358 g/mol. The number of para-hydroxylation sites is 1. The number of hydrogen-bond donors (Lipinski definition) is 2. The molecule has 2 aromatic rings. The fourth-order valence-electron chi connectivity index (χ4n) is 4.11. The van der Waals surface area contributed by atoms with Crippen LogP contribution in [0.5, 0.6) is 0 Å². The highest BCUT2D eigenvalue weighted by molar-refractivity contribution is 5.82. The molecule has 2 fully saturated rings. The number of fused-ring (bicyclic) bond motifs is 1. The van der Waals surface area contributed by atoms with Gasteiger partial charge in [0.25, 0.3) is 0 Å². The quantitative estimate of drug-likeness (QED) is 0.882. The number of amides is 2. The van der Waals surface area contributed by atoms with Crippen molar-refractivity contribution in [2.45, 2.75) is 50.8 Å². The molecule has 0 saturated carbocycles. The SMILES string of the molecule is Cc1c(C(C)NC(=O)NC2CCOC3(CCOC3)C2)oc2ccccc12. The molecule has 2 aliphatic rings. The van der Waals surface area contributed by atoms with E-state index in [4.69, 9.17) is 13.9 Å². The van der Waals surface area contributed by atoms with E-state index >= 15 is 0 Å². The molecule has 6 heteroatoms. The van der Waals surface area contributed by atoms with Gasteiger partial charge in [0.15, 0.2) is 0 Å². The second kappa shape index (κ2) is 6.93. The molecule has 2 N–H and O–H groups in total. The van der Waals surface area contributed by atoms with Crippen LogP contribution in [0, 0.1) is 6.92 Å². The van der Waals surface area contributed by atoms with Crippen molar-refractivity contribution in [1.82, 2.24) is 10.6 Å². The van der Waals surface area contributed by atoms with Crippen LogP contribution in [0.1, 0.15) is 43.6 Å². The molecule has 0 bridgehead atoms. The topological polar surface area (TPSA) is 72.7 Å². The first kappa shape index (κ1) is 17.4. The van der Waals surface area contributed by atoms with Gasteiger partial charge in [0.05, 0.1) is 18.2 Å². The normalized spacial score (nSPS) is 26.9. The molecule has 0 radical (unpaired) electrons. The molecule has 1 aromatic carbocycles. The second-order valence-electron chi connectivity index (χ2n) is 7.45. The molecule has 2 saturated heterocycles. The molecule has 3 heterocycles. The van der Waals surface area contributed by atoms with Crippen molar-refractivity contribution in [3.8, 4) is 0 Å². The number of furan rings is 1. The summed E-state index contributed by atoms with van der Waals surface area (Å²) in [5.74, 6) is 0.800. The van der Waals surface area contributed by atoms with Crippen molar-refractivity contribution in [2.75, 3.05) is 19.8 Å². The summed E-state index contributed by atoms with van der Waals surface area (Å²) in [5.41, 5.74) is 1.71. The van der Waals surface area contributed by atoms with E-state index in [0.29, 0.717) is 13.2 Å². The zero-order valence-corrected chi connectivity index (χ0v) is 15.3. The molecule has 0 aliphatic carbocycles. The second-order valence-corrected chi connectivity index (χ2v) is 7.45. The number of rotatable bonds is 3. The predicted molar refractivity (Wildman–Crippen MR) is 98.2 cm³/mol. The van der Waals surface area contributed by atoms with Crippen molar-refractivity contribution in [2.24, 2.45) is 0 Å². The Morgan fingerprint density at radius 3 is 2.92 bits per heavy atom. The van der Waals surface area contributed by atoms with Crippen molar-refractivity contribution < 1.29 is 18.7 Å². The average Bonchev–Trinajstić information content (AvgIpc) is 3.20. The Bertz CT molecular complexity index is 794. The van der Waals surface area contributed by atoms with E-state index in [1.807, 2.05) is 38.1 Å². The first-order valence-electron chi connectivity index (χ1n) is 9.33. The van der Waals surface area contributed by atoms with E-state index < -0.39 is 0 Å². The van der Waals surface area contributed by atoms with Gasteiger partial charge in [-0.2, -0.15) is 0 Å². The minimum atomic E-state index is -0.211. The van der Waals surface area contributed by atoms with Gasteiger partial charge in [-0.25, -0.2) is 4.79 Å². The van der Waals surface area contributed by atoms with Gasteiger partial charge in [-0.3, -0.25) is 0 Å². The Balaban J connectivity index is 1.38. The maximum absolute atomic E-state index is 12.5. The summed E-state index contributed by atoms with van der Waals surface area (Å²) in [6.07, 6.45) is 2.53. The highest BCUT2D eigenvalue weighted by Crippen LogP contribution is 2.33. The maximum Gasteiger partial charge on any atom is 0.315 e. The Hall–Kier alpha value is -2.05. The van der Waals surface area contributed by atoms with Gasteiger partial charge in [-0.1, -0.05) is 18.2 Å². The zero-order valence-electron chi connectivity index (χ0n) is 15.3. The lowest BCUT2D eigenvalue weighted by atomic mass is 9.90. The molecular weight excluding hydrogens is 332 g/mol. The van der Waals surface area contributed by atoms with Crippen LogP contribution < -0.4 is 10.6 Å². The summed E-state index contributed by atoms with van der Waals surface area (Å²) in [6.45, 7) is 6.00. The zero-order chi connectivity index (χ0) is 18.1. The lowest BCUT2D eigenvalue weighted by molar-refractivity contribution is -0.0878. The van der Waals surface area contributed by atoms with Crippen LogP contribution in [-0.4, -0.2) is 37.5 Å². The van der Waals surface area contributed by atoms with E-state index in [2.05, 4.69) is 10.6 Å². The van der Waals surface area contributed by atoms with Gasteiger partial charge in [0.1, 0.15) is 11.3 Å². The molecule has 3 atom stereocenters. The van der Waals surface area contributed by atoms with Gasteiger partial charge in [-0.15, -0.1) is 0 Å². The van der Waals surface area contributed by atoms with E-state index in [1.54, 1.807) is 0 Å². The van der Waals surface area contributed by atoms with Crippen LogP contribution in [0.3, 0.4) is 0 Å². The van der Waals surface area contributed by atoms with Gasteiger partial charge < -0.3 is 24.5 Å². The number of benzene rings is 1. The highest BCUT2D eigenvalue weighted by atomic mass is 16.6. The molecule has 2 aliphatic heterocycles.